The van der Waals surface area contributed by atoms with Gasteiger partial charge in [0.05, 0.1) is 17.7 Å². The molecule has 0 atom stereocenters. The highest BCUT2D eigenvalue weighted by Crippen LogP contribution is 2.29. The number of carbonyl (C=O) groups excluding carboxylic acids is 1. The zero-order valence-electron chi connectivity index (χ0n) is 17.0. The van der Waals surface area contributed by atoms with Crippen molar-refractivity contribution in [2.24, 2.45) is 0 Å². The predicted molar refractivity (Wildman–Crippen MR) is 114 cm³/mol. The summed E-state index contributed by atoms with van der Waals surface area (Å²) >= 11 is 0. The van der Waals surface area contributed by atoms with E-state index in [4.69, 9.17) is 0 Å². The zero-order chi connectivity index (χ0) is 22.2. The number of aryl methyl sites for hydroxylation is 2. The van der Waals surface area contributed by atoms with Crippen LogP contribution in [0.1, 0.15) is 22.3 Å². The van der Waals surface area contributed by atoms with Crippen LogP contribution in [0.15, 0.2) is 67.0 Å². The standard InChI is InChI=1S/C24H20F3N3O/c1-15-9-10-30-14-21(28-22(30)11-15)18-6-3-16(2)20(13-18)29-23(31)12-17-4-7-19(8-5-17)24(25,26)27/h3-11,13-14H,12H2,1-2H3,(H,29,31). The average Bonchev–Trinajstić information content (AvgIpc) is 3.12. The minimum Gasteiger partial charge on any atom is -0.326 e. The Morgan fingerprint density at radius 1 is 1.03 bits per heavy atom. The summed E-state index contributed by atoms with van der Waals surface area (Å²) in [7, 11) is 0. The van der Waals surface area contributed by atoms with Crippen LogP contribution in [0, 0.1) is 13.8 Å². The summed E-state index contributed by atoms with van der Waals surface area (Å²) in [6, 6.07) is 14.3. The highest BCUT2D eigenvalue weighted by molar-refractivity contribution is 5.93. The average molecular weight is 423 g/mol. The quantitative estimate of drug-likeness (QED) is 0.450. The van der Waals surface area contributed by atoms with Gasteiger partial charge in [0.2, 0.25) is 5.91 Å². The van der Waals surface area contributed by atoms with Gasteiger partial charge in [-0.3, -0.25) is 4.79 Å². The number of alkyl halides is 3. The molecule has 4 rings (SSSR count). The summed E-state index contributed by atoms with van der Waals surface area (Å²) < 4.78 is 40.0. The van der Waals surface area contributed by atoms with Crippen LogP contribution in [0.25, 0.3) is 16.9 Å². The van der Waals surface area contributed by atoms with E-state index in [0.29, 0.717) is 11.3 Å². The van der Waals surface area contributed by atoms with Crippen LogP contribution in [0.5, 0.6) is 0 Å². The van der Waals surface area contributed by atoms with Gasteiger partial charge in [0.15, 0.2) is 0 Å². The molecule has 158 valence electrons. The number of carbonyl (C=O) groups is 1. The van der Waals surface area contributed by atoms with Gasteiger partial charge in [-0.05, 0) is 60.9 Å². The summed E-state index contributed by atoms with van der Waals surface area (Å²) in [4.78, 5) is 17.1. The molecule has 0 spiro atoms. The molecule has 4 aromatic rings. The van der Waals surface area contributed by atoms with Crippen molar-refractivity contribution in [3.05, 3.63) is 89.2 Å². The second kappa shape index (κ2) is 7.91. The van der Waals surface area contributed by atoms with Crippen molar-refractivity contribution >= 4 is 17.2 Å². The van der Waals surface area contributed by atoms with Gasteiger partial charge in [-0.2, -0.15) is 13.2 Å². The van der Waals surface area contributed by atoms with Gasteiger partial charge in [-0.1, -0.05) is 24.3 Å². The Kier molecular flexibility index (Phi) is 5.27. The lowest BCUT2D eigenvalue weighted by Crippen LogP contribution is -2.15. The maximum atomic E-state index is 12.7. The Balaban J connectivity index is 1.52. The third-order valence-corrected chi connectivity index (χ3v) is 5.07. The van der Waals surface area contributed by atoms with Crippen molar-refractivity contribution in [1.82, 2.24) is 9.38 Å². The Bertz CT molecular complexity index is 1260. The van der Waals surface area contributed by atoms with E-state index in [9.17, 15) is 18.0 Å². The van der Waals surface area contributed by atoms with Crippen LogP contribution >= 0.6 is 0 Å². The summed E-state index contributed by atoms with van der Waals surface area (Å²) in [6.45, 7) is 3.88. The summed E-state index contributed by atoms with van der Waals surface area (Å²) in [5.41, 5.74) is 4.89. The molecule has 2 aromatic carbocycles. The molecule has 0 saturated carbocycles. The van der Waals surface area contributed by atoms with Crippen molar-refractivity contribution in [3.63, 3.8) is 0 Å². The van der Waals surface area contributed by atoms with E-state index >= 15 is 0 Å². The molecule has 0 bridgehead atoms. The first-order valence-corrected chi connectivity index (χ1v) is 9.71. The van der Waals surface area contributed by atoms with Crippen LogP contribution in [-0.2, 0) is 17.4 Å². The number of rotatable bonds is 4. The van der Waals surface area contributed by atoms with Gasteiger partial charge in [0, 0.05) is 23.6 Å². The first-order chi connectivity index (χ1) is 14.7. The third kappa shape index (κ3) is 4.60. The number of hydrogen-bond donors (Lipinski definition) is 1. The van der Waals surface area contributed by atoms with Crippen molar-refractivity contribution in [2.45, 2.75) is 26.4 Å². The van der Waals surface area contributed by atoms with E-state index in [1.54, 1.807) is 0 Å². The molecule has 0 unspecified atom stereocenters. The number of imidazole rings is 1. The second-order valence-corrected chi connectivity index (χ2v) is 7.55. The number of fused-ring (bicyclic) bond motifs is 1. The number of nitrogens with one attached hydrogen (secondary N) is 1. The number of aromatic nitrogens is 2. The van der Waals surface area contributed by atoms with Gasteiger partial charge in [0.1, 0.15) is 5.65 Å². The minimum absolute atomic E-state index is 0.0184. The maximum Gasteiger partial charge on any atom is 0.416 e. The summed E-state index contributed by atoms with van der Waals surface area (Å²) in [5.74, 6) is -0.300. The van der Waals surface area contributed by atoms with Gasteiger partial charge in [-0.15, -0.1) is 0 Å². The Hall–Kier alpha value is -3.61. The van der Waals surface area contributed by atoms with Crippen molar-refractivity contribution in [3.8, 4) is 11.3 Å². The van der Waals surface area contributed by atoms with Gasteiger partial charge < -0.3 is 9.72 Å². The number of benzene rings is 2. The lowest BCUT2D eigenvalue weighted by atomic mass is 10.1. The summed E-state index contributed by atoms with van der Waals surface area (Å²) in [6.07, 6.45) is -0.542. The van der Waals surface area contributed by atoms with Crippen LogP contribution in [0.3, 0.4) is 0 Å². The molecule has 0 radical (unpaired) electrons. The fourth-order valence-corrected chi connectivity index (χ4v) is 3.33. The van der Waals surface area contributed by atoms with Gasteiger partial charge in [0.25, 0.3) is 0 Å². The molecule has 0 aliphatic carbocycles. The normalized spacial score (nSPS) is 11.6. The molecule has 0 aliphatic rings. The number of amides is 1. The highest BCUT2D eigenvalue weighted by atomic mass is 19.4. The molecule has 2 aromatic heterocycles. The Morgan fingerprint density at radius 2 is 1.77 bits per heavy atom. The fourth-order valence-electron chi connectivity index (χ4n) is 3.33. The van der Waals surface area contributed by atoms with Crippen LogP contribution < -0.4 is 5.32 Å². The smallest absolute Gasteiger partial charge is 0.326 e. The molecule has 7 heteroatoms. The molecule has 1 amide bonds. The van der Waals surface area contributed by atoms with Crippen LogP contribution in [0.4, 0.5) is 18.9 Å². The van der Waals surface area contributed by atoms with Gasteiger partial charge >= 0.3 is 6.18 Å². The molecule has 0 aliphatic heterocycles. The zero-order valence-corrected chi connectivity index (χ0v) is 17.0. The molecule has 0 saturated heterocycles. The molecular formula is C24H20F3N3O. The highest BCUT2D eigenvalue weighted by Gasteiger charge is 2.30. The largest absolute Gasteiger partial charge is 0.416 e. The predicted octanol–water partition coefficient (Wildman–Crippen LogP) is 5.82. The molecule has 1 N–H and O–H groups in total. The van der Waals surface area contributed by atoms with Crippen molar-refractivity contribution in [2.75, 3.05) is 5.32 Å². The third-order valence-electron chi connectivity index (χ3n) is 5.07. The first-order valence-electron chi connectivity index (χ1n) is 9.71. The molecule has 2 heterocycles. The SMILES string of the molecule is Cc1ccn2cc(-c3ccc(C)c(NC(=O)Cc4ccc(C(F)(F)F)cc4)c3)nc2c1. The summed E-state index contributed by atoms with van der Waals surface area (Å²) in [5, 5.41) is 2.86. The number of nitrogens with zero attached hydrogens (tertiary/aromatic N) is 2. The Labute approximate surface area is 177 Å². The van der Waals surface area contributed by atoms with Crippen molar-refractivity contribution < 1.29 is 18.0 Å². The van der Waals surface area contributed by atoms with E-state index in [1.807, 2.05) is 61.0 Å². The molecular weight excluding hydrogens is 403 g/mol. The first kappa shape index (κ1) is 20.7. The second-order valence-electron chi connectivity index (χ2n) is 7.55. The van der Waals surface area contributed by atoms with E-state index in [-0.39, 0.29) is 12.3 Å². The maximum absolute atomic E-state index is 12.7. The van der Waals surface area contributed by atoms with E-state index in [0.717, 1.165) is 40.2 Å². The van der Waals surface area contributed by atoms with Crippen LogP contribution in [-0.4, -0.2) is 15.3 Å². The molecule has 0 fully saturated rings. The monoisotopic (exact) mass is 423 g/mol. The fraction of sp³-hybridized carbons (Fsp3) is 0.167. The number of hydrogen-bond acceptors (Lipinski definition) is 2. The van der Waals surface area contributed by atoms with E-state index < -0.39 is 11.7 Å². The topological polar surface area (TPSA) is 46.4 Å². The van der Waals surface area contributed by atoms with E-state index in [2.05, 4.69) is 10.3 Å². The molecule has 31 heavy (non-hydrogen) atoms. The van der Waals surface area contributed by atoms with Crippen molar-refractivity contribution in [1.29, 1.82) is 0 Å². The minimum atomic E-state index is -4.39. The molecule has 4 nitrogen and oxygen atoms in total. The Morgan fingerprint density at radius 3 is 2.48 bits per heavy atom. The number of halogens is 3. The van der Waals surface area contributed by atoms with Crippen LogP contribution in [0.2, 0.25) is 0 Å². The number of anilines is 1. The lowest BCUT2D eigenvalue weighted by molar-refractivity contribution is -0.137. The van der Waals surface area contributed by atoms with Gasteiger partial charge in [-0.25, -0.2) is 4.98 Å². The lowest BCUT2D eigenvalue weighted by Gasteiger charge is -2.11. The van der Waals surface area contributed by atoms with E-state index in [1.165, 1.54) is 12.1 Å². The number of pyridine rings is 1.